The van der Waals surface area contributed by atoms with E-state index in [-0.39, 0.29) is 16.7 Å². The summed E-state index contributed by atoms with van der Waals surface area (Å²) in [6, 6.07) is 26.2. The van der Waals surface area contributed by atoms with Gasteiger partial charge in [-0.3, -0.25) is 0 Å². The van der Waals surface area contributed by atoms with Gasteiger partial charge in [-0.25, -0.2) is 8.42 Å². The predicted molar refractivity (Wildman–Crippen MR) is 130 cm³/mol. The van der Waals surface area contributed by atoms with Crippen molar-refractivity contribution in [3.05, 3.63) is 90.0 Å². The van der Waals surface area contributed by atoms with Gasteiger partial charge in [0.1, 0.15) is 0 Å². The van der Waals surface area contributed by atoms with Crippen LogP contribution in [0.4, 0.5) is 5.69 Å². The van der Waals surface area contributed by atoms with Gasteiger partial charge in [-0.2, -0.15) is 9.29 Å². The van der Waals surface area contributed by atoms with Crippen LogP contribution in [-0.4, -0.2) is 43.9 Å². The number of piperazine rings is 1. The molecule has 0 radical (unpaired) electrons. The molecule has 168 valence electrons. The van der Waals surface area contributed by atoms with E-state index >= 15 is 0 Å². The van der Waals surface area contributed by atoms with E-state index in [0.717, 1.165) is 5.69 Å². The van der Waals surface area contributed by atoms with Crippen LogP contribution in [0.15, 0.2) is 94.4 Å². The summed E-state index contributed by atoms with van der Waals surface area (Å²) in [6.45, 7) is 1.93. The third kappa shape index (κ3) is 4.39. The molecule has 5 rings (SSSR count). The first kappa shape index (κ1) is 21.7. The Bertz CT molecular complexity index is 1330. The van der Waals surface area contributed by atoms with Crippen LogP contribution in [-0.2, 0) is 10.0 Å². The minimum absolute atomic E-state index is 0.0724. The van der Waals surface area contributed by atoms with Crippen molar-refractivity contribution in [1.29, 1.82) is 0 Å². The van der Waals surface area contributed by atoms with Crippen LogP contribution in [0.2, 0.25) is 5.02 Å². The van der Waals surface area contributed by atoms with Gasteiger partial charge in [0.25, 0.3) is 10.0 Å². The topological polar surface area (TPSA) is 66.7 Å². The third-order valence-corrected chi connectivity index (χ3v) is 7.73. The lowest BCUT2D eigenvalue weighted by molar-refractivity contribution is 0.383. The lowest BCUT2D eigenvalue weighted by atomic mass is 10.2. The van der Waals surface area contributed by atoms with E-state index in [1.807, 2.05) is 60.7 Å². The van der Waals surface area contributed by atoms with Crippen molar-refractivity contribution < 1.29 is 12.8 Å². The van der Waals surface area contributed by atoms with Gasteiger partial charge < -0.3 is 9.32 Å². The number of nitrogens with zero attached hydrogens (tertiary/aromatic N) is 3. The molecule has 1 aliphatic rings. The fourth-order valence-electron chi connectivity index (χ4n) is 3.92. The summed E-state index contributed by atoms with van der Waals surface area (Å²) in [4.78, 5) is 6.65. The van der Waals surface area contributed by atoms with Crippen LogP contribution in [0, 0.1) is 0 Å². The molecular formula is C25H22ClN3O3S. The molecule has 0 saturated carbocycles. The first-order chi connectivity index (χ1) is 16.0. The molecule has 0 bridgehead atoms. The first-order valence-corrected chi connectivity index (χ1v) is 12.5. The molecule has 1 aliphatic heterocycles. The summed E-state index contributed by atoms with van der Waals surface area (Å²) in [7, 11) is -3.87. The molecule has 2 heterocycles. The van der Waals surface area contributed by atoms with Gasteiger partial charge in [-0.15, -0.1) is 0 Å². The van der Waals surface area contributed by atoms with Crippen molar-refractivity contribution >= 4 is 27.3 Å². The molecule has 33 heavy (non-hydrogen) atoms. The summed E-state index contributed by atoms with van der Waals surface area (Å²) in [5.74, 6) is 0.484. The number of rotatable bonds is 5. The number of halogens is 1. The summed E-state index contributed by atoms with van der Waals surface area (Å²) in [6.07, 6.45) is 0. The molecule has 1 fully saturated rings. The number of hydrogen-bond acceptors (Lipinski definition) is 5. The maximum absolute atomic E-state index is 13.7. The van der Waals surface area contributed by atoms with Crippen LogP contribution >= 0.6 is 11.6 Å². The molecule has 3 aromatic carbocycles. The normalized spacial score (nSPS) is 15.0. The highest BCUT2D eigenvalue weighted by Gasteiger charge is 2.35. The zero-order chi connectivity index (χ0) is 22.8. The molecule has 0 aliphatic carbocycles. The quantitative estimate of drug-likeness (QED) is 0.395. The standard InChI is InChI=1S/C25H22ClN3O3S/c26-21-13-11-19(12-14-21)23-25(27-24(32-23)20-7-3-1-4-8-20)33(30,31)29-17-15-28(16-18-29)22-9-5-2-6-10-22/h1-14H,15-18H2. The van der Waals surface area contributed by atoms with Gasteiger partial charge in [0, 0.05) is 48.0 Å². The number of para-hydroxylation sites is 1. The van der Waals surface area contributed by atoms with Crippen molar-refractivity contribution in [3.63, 3.8) is 0 Å². The van der Waals surface area contributed by atoms with Crippen molar-refractivity contribution in [3.8, 4) is 22.8 Å². The minimum atomic E-state index is -3.87. The van der Waals surface area contributed by atoms with E-state index in [1.54, 1.807) is 24.3 Å². The average Bonchev–Trinajstić information content (AvgIpc) is 3.32. The second-order valence-corrected chi connectivity index (χ2v) is 10.0. The van der Waals surface area contributed by atoms with Crippen molar-refractivity contribution in [2.75, 3.05) is 31.1 Å². The van der Waals surface area contributed by atoms with E-state index in [2.05, 4.69) is 9.88 Å². The highest BCUT2D eigenvalue weighted by molar-refractivity contribution is 7.89. The molecule has 6 nitrogen and oxygen atoms in total. The van der Waals surface area contributed by atoms with E-state index in [4.69, 9.17) is 16.0 Å². The van der Waals surface area contributed by atoms with Crippen LogP contribution in [0.5, 0.6) is 0 Å². The van der Waals surface area contributed by atoms with Crippen LogP contribution in [0.1, 0.15) is 0 Å². The Kier molecular flexibility index (Phi) is 5.93. The molecule has 0 spiro atoms. The zero-order valence-electron chi connectivity index (χ0n) is 17.8. The summed E-state index contributed by atoms with van der Waals surface area (Å²) in [5.41, 5.74) is 2.41. The van der Waals surface area contributed by atoms with Gasteiger partial charge in [-0.05, 0) is 48.5 Å². The number of aromatic nitrogens is 1. The molecule has 1 aromatic heterocycles. The van der Waals surface area contributed by atoms with E-state index in [1.165, 1.54) is 4.31 Å². The van der Waals surface area contributed by atoms with Gasteiger partial charge in [0.15, 0.2) is 5.76 Å². The Labute approximate surface area is 198 Å². The maximum atomic E-state index is 13.7. The Morgan fingerprint density at radius 1 is 0.758 bits per heavy atom. The van der Waals surface area contributed by atoms with Gasteiger partial charge in [0.05, 0.1) is 0 Å². The smallest absolute Gasteiger partial charge is 0.264 e. The van der Waals surface area contributed by atoms with Crippen LogP contribution in [0.3, 0.4) is 0 Å². The summed E-state index contributed by atoms with van der Waals surface area (Å²) >= 11 is 6.04. The van der Waals surface area contributed by atoms with E-state index in [0.29, 0.717) is 42.3 Å². The zero-order valence-corrected chi connectivity index (χ0v) is 19.3. The number of sulfonamides is 1. The van der Waals surface area contributed by atoms with Crippen molar-refractivity contribution in [2.45, 2.75) is 5.03 Å². The summed E-state index contributed by atoms with van der Waals surface area (Å²) in [5, 5.41) is 0.486. The van der Waals surface area contributed by atoms with Crippen LogP contribution < -0.4 is 4.90 Å². The van der Waals surface area contributed by atoms with E-state index < -0.39 is 10.0 Å². The average molecular weight is 480 g/mol. The second-order valence-electron chi connectivity index (χ2n) is 7.75. The Hall–Kier alpha value is -3.13. The fraction of sp³-hybridized carbons (Fsp3) is 0.160. The largest absolute Gasteiger partial charge is 0.435 e. The molecular weight excluding hydrogens is 458 g/mol. The van der Waals surface area contributed by atoms with Crippen molar-refractivity contribution in [1.82, 2.24) is 9.29 Å². The molecule has 0 amide bonds. The monoisotopic (exact) mass is 479 g/mol. The lowest BCUT2D eigenvalue weighted by Gasteiger charge is -2.35. The summed E-state index contributed by atoms with van der Waals surface area (Å²) < 4.78 is 34.9. The Balaban J connectivity index is 1.49. The van der Waals surface area contributed by atoms with E-state index in [9.17, 15) is 8.42 Å². The number of anilines is 1. The maximum Gasteiger partial charge on any atom is 0.264 e. The SMILES string of the molecule is O=S(=O)(c1nc(-c2ccccc2)oc1-c1ccc(Cl)cc1)N1CCN(c2ccccc2)CC1. The molecule has 0 N–H and O–H groups in total. The Morgan fingerprint density at radius 2 is 1.36 bits per heavy atom. The molecule has 8 heteroatoms. The van der Waals surface area contributed by atoms with Crippen molar-refractivity contribution in [2.24, 2.45) is 0 Å². The van der Waals surface area contributed by atoms with Gasteiger partial charge in [0.2, 0.25) is 10.9 Å². The highest BCUT2D eigenvalue weighted by Crippen LogP contribution is 2.35. The van der Waals surface area contributed by atoms with Crippen LogP contribution in [0.25, 0.3) is 22.8 Å². The molecule has 4 aromatic rings. The first-order valence-electron chi connectivity index (χ1n) is 10.6. The minimum Gasteiger partial charge on any atom is -0.435 e. The number of benzene rings is 3. The predicted octanol–water partition coefficient (Wildman–Crippen LogP) is 5.17. The van der Waals surface area contributed by atoms with Gasteiger partial charge in [-0.1, -0.05) is 48.0 Å². The fourth-order valence-corrected chi connectivity index (χ4v) is 5.52. The molecule has 0 atom stereocenters. The van der Waals surface area contributed by atoms with Gasteiger partial charge >= 0.3 is 0 Å². The molecule has 0 unspecified atom stereocenters. The second kappa shape index (κ2) is 9.02. The molecule has 1 saturated heterocycles. The third-order valence-electron chi connectivity index (χ3n) is 5.67. The number of oxazole rings is 1. The highest BCUT2D eigenvalue weighted by atomic mass is 35.5. The Morgan fingerprint density at radius 3 is 2.00 bits per heavy atom. The lowest BCUT2D eigenvalue weighted by Crippen LogP contribution is -2.48. The number of hydrogen-bond donors (Lipinski definition) is 0.